The zero-order valence-corrected chi connectivity index (χ0v) is 19.8. The lowest BCUT2D eigenvalue weighted by Crippen LogP contribution is -2.45. The lowest BCUT2D eigenvalue weighted by atomic mass is 10.1. The van der Waals surface area contributed by atoms with Crippen molar-refractivity contribution in [1.29, 1.82) is 0 Å². The van der Waals surface area contributed by atoms with Crippen LogP contribution in [0.2, 0.25) is 0 Å². The third-order valence-corrected chi connectivity index (χ3v) is 6.05. The fraction of sp³-hybridized carbons (Fsp3) is 0.286. The average Bonchev–Trinajstić information content (AvgIpc) is 2.86. The molecule has 2 N–H and O–H groups in total. The van der Waals surface area contributed by atoms with Crippen molar-refractivity contribution >= 4 is 28.9 Å². The van der Waals surface area contributed by atoms with Gasteiger partial charge in [0.05, 0.1) is 0 Å². The van der Waals surface area contributed by atoms with Gasteiger partial charge >= 0.3 is 0 Å². The molecule has 0 radical (unpaired) electrons. The second-order valence-electron chi connectivity index (χ2n) is 8.97. The Hall–Kier alpha value is -3.64. The molecule has 0 aromatic heterocycles. The third-order valence-electron chi connectivity index (χ3n) is 6.05. The number of hydrogen-bond donors (Lipinski definition) is 2. The summed E-state index contributed by atoms with van der Waals surface area (Å²) in [5.74, 6) is -0.317. The zero-order valence-electron chi connectivity index (χ0n) is 19.8. The van der Waals surface area contributed by atoms with Gasteiger partial charge in [-0.05, 0) is 54.1 Å². The van der Waals surface area contributed by atoms with Crippen LogP contribution in [-0.2, 0) is 11.3 Å². The monoisotopic (exact) mass is 456 g/mol. The first-order valence-electron chi connectivity index (χ1n) is 11.8. The molecule has 0 saturated carbocycles. The highest BCUT2D eigenvalue weighted by Gasteiger charge is 2.17. The van der Waals surface area contributed by atoms with E-state index >= 15 is 0 Å². The van der Waals surface area contributed by atoms with Gasteiger partial charge in [-0.3, -0.25) is 14.5 Å². The predicted octanol–water partition coefficient (Wildman–Crippen LogP) is 4.86. The first-order chi connectivity index (χ1) is 16.5. The Kier molecular flexibility index (Phi) is 7.60. The lowest BCUT2D eigenvalue weighted by Gasteiger charge is -2.36. The Morgan fingerprint density at radius 2 is 1.35 bits per heavy atom. The molecule has 2 amide bonds. The van der Waals surface area contributed by atoms with Crippen LogP contribution >= 0.6 is 0 Å². The second-order valence-corrected chi connectivity index (χ2v) is 8.97. The quantitative estimate of drug-likeness (QED) is 0.533. The van der Waals surface area contributed by atoms with Crippen LogP contribution in [0, 0.1) is 5.92 Å². The van der Waals surface area contributed by atoms with E-state index in [0.29, 0.717) is 11.3 Å². The molecule has 0 spiro atoms. The molecule has 3 aromatic rings. The molecule has 0 aliphatic carbocycles. The summed E-state index contributed by atoms with van der Waals surface area (Å²) in [5, 5.41) is 5.78. The molecule has 176 valence electrons. The molecule has 4 rings (SSSR count). The number of piperazine rings is 1. The molecule has 0 unspecified atom stereocenters. The molecule has 1 heterocycles. The first kappa shape index (κ1) is 23.5. The van der Waals surface area contributed by atoms with Crippen LogP contribution in [0.1, 0.15) is 29.8 Å². The van der Waals surface area contributed by atoms with Crippen LogP contribution in [0.3, 0.4) is 0 Å². The fourth-order valence-corrected chi connectivity index (χ4v) is 3.96. The highest BCUT2D eigenvalue weighted by Crippen LogP contribution is 2.21. The van der Waals surface area contributed by atoms with E-state index in [1.165, 1.54) is 11.3 Å². The van der Waals surface area contributed by atoms with Gasteiger partial charge in [0.1, 0.15) is 0 Å². The Bertz CT molecular complexity index is 1090. The summed E-state index contributed by atoms with van der Waals surface area (Å²) in [7, 11) is 0. The fourth-order valence-electron chi connectivity index (χ4n) is 3.96. The van der Waals surface area contributed by atoms with E-state index in [-0.39, 0.29) is 17.7 Å². The molecule has 34 heavy (non-hydrogen) atoms. The van der Waals surface area contributed by atoms with Crippen LogP contribution < -0.4 is 15.5 Å². The van der Waals surface area contributed by atoms with Gasteiger partial charge in [-0.1, -0.05) is 44.2 Å². The van der Waals surface area contributed by atoms with Gasteiger partial charge in [0.15, 0.2) is 0 Å². The number of nitrogens with one attached hydrogen (secondary N) is 2. The number of benzene rings is 3. The predicted molar refractivity (Wildman–Crippen MR) is 138 cm³/mol. The number of nitrogens with zero attached hydrogens (tertiary/aromatic N) is 2. The number of rotatable bonds is 7. The van der Waals surface area contributed by atoms with Crippen molar-refractivity contribution < 1.29 is 9.59 Å². The standard InChI is InChI=1S/C28H32N4O2/c1-21(2)27(33)29-24-10-8-23(9-11-24)28(34)30-25-12-14-26(15-13-25)32-18-16-31(17-19-32)20-22-6-4-3-5-7-22/h3-15,21H,16-20H2,1-2H3,(H,29,33)(H,30,34). The molecular weight excluding hydrogens is 424 g/mol. The molecule has 1 aliphatic heterocycles. The van der Waals surface area contributed by atoms with E-state index in [0.717, 1.165) is 38.4 Å². The van der Waals surface area contributed by atoms with Gasteiger partial charge in [-0.25, -0.2) is 0 Å². The lowest BCUT2D eigenvalue weighted by molar-refractivity contribution is -0.118. The molecule has 1 fully saturated rings. The number of amides is 2. The van der Waals surface area contributed by atoms with Gasteiger partial charge in [-0.15, -0.1) is 0 Å². The highest BCUT2D eigenvalue weighted by molar-refractivity contribution is 6.04. The van der Waals surface area contributed by atoms with E-state index < -0.39 is 0 Å². The van der Waals surface area contributed by atoms with Crippen LogP contribution in [0.15, 0.2) is 78.9 Å². The van der Waals surface area contributed by atoms with Crippen molar-refractivity contribution in [2.75, 3.05) is 41.7 Å². The van der Waals surface area contributed by atoms with E-state index in [4.69, 9.17) is 0 Å². The molecule has 3 aromatic carbocycles. The van der Waals surface area contributed by atoms with Gasteiger partial charge in [0, 0.05) is 61.3 Å². The van der Waals surface area contributed by atoms with Crippen molar-refractivity contribution in [3.8, 4) is 0 Å². The summed E-state index contributed by atoms with van der Waals surface area (Å²) in [6.07, 6.45) is 0. The minimum atomic E-state index is -0.177. The van der Waals surface area contributed by atoms with Crippen molar-refractivity contribution in [3.05, 3.63) is 90.0 Å². The number of hydrogen-bond acceptors (Lipinski definition) is 4. The Balaban J connectivity index is 1.27. The molecule has 1 aliphatic rings. The highest BCUT2D eigenvalue weighted by atomic mass is 16.2. The largest absolute Gasteiger partial charge is 0.369 e. The smallest absolute Gasteiger partial charge is 0.255 e. The maximum atomic E-state index is 12.6. The summed E-state index contributed by atoms with van der Waals surface area (Å²) in [6.45, 7) is 8.70. The van der Waals surface area contributed by atoms with E-state index in [2.05, 4.69) is 62.9 Å². The van der Waals surface area contributed by atoms with Crippen molar-refractivity contribution in [2.24, 2.45) is 5.92 Å². The third kappa shape index (κ3) is 6.23. The van der Waals surface area contributed by atoms with Crippen molar-refractivity contribution in [3.63, 3.8) is 0 Å². The number of carbonyl (C=O) groups is 2. The van der Waals surface area contributed by atoms with Crippen LogP contribution in [0.25, 0.3) is 0 Å². The summed E-state index contributed by atoms with van der Waals surface area (Å²) >= 11 is 0. The molecular formula is C28H32N4O2. The van der Waals surface area contributed by atoms with E-state index in [1.54, 1.807) is 24.3 Å². The average molecular weight is 457 g/mol. The SMILES string of the molecule is CC(C)C(=O)Nc1ccc(C(=O)Nc2ccc(N3CCN(Cc4ccccc4)CC3)cc2)cc1. The van der Waals surface area contributed by atoms with Crippen LogP contribution in [-0.4, -0.2) is 42.9 Å². The Labute approximate surface area is 201 Å². The minimum Gasteiger partial charge on any atom is -0.369 e. The molecule has 6 nitrogen and oxygen atoms in total. The topological polar surface area (TPSA) is 64.7 Å². The van der Waals surface area contributed by atoms with Crippen molar-refractivity contribution in [2.45, 2.75) is 20.4 Å². The molecule has 0 atom stereocenters. The summed E-state index contributed by atoms with van der Waals surface area (Å²) in [5.41, 5.74) is 4.51. The summed E-state index contributed by atoms with van der Waals surface area (Å²) in [6, 6.07) is 25.5. The van der Waals surface area contributed by atoms with Crippen molar-refractivity contribution in [1.82, 2.24) is 4.90 Å². The molecule has 6 heteroatoms. The Morgan fingerprint density at radius 1 is 0.765 bits per heavy atom. The molecule has 1 saturated heterocycles. The van der Waals surface area contributed by atoms with Gasteiger partial charge < -0.3 is 15.5 Å². The maximum Gasteiger partial charge on any atom is 0.255 e. The zero-order chi connectivity index (χ0) is 23.9. The normalized spacial score (nSPS) is 14.1. The second kappa shape index (κ2) is 11.0. The number of carbonyl (C=O) groups excluding carboxylic acids is 2. The van der Waals surface area contributed by atoms with Crippen LogP contribution in [0.4, 0.5) is 17.1 Å². The summed E-state index contributed by atoms with van der Waals surface area (Å²) in [4.78, 5) is 29.3. The minimum absolute atomic E-state index is 0.0464. The number of anilines is 3. The first-order valence-corrected chi connectivity index (χ1v) is 11.8. The van der Waals surface area contributed by atoms with E-state index in [1.807, 2.05) is 26.0 Å². The van der Waals surface area contributed by atoms with Crippen LogP contribution in [0.5, 0.6) is 0 Å². The Morgan fingerprint density at radius 3 is 1.97 bits per heavy atom. The van der Waals surface area contributed by atoms with Gasteiger partial charge in [0.2, 0.25) is 5.91 Å². The molecule has 0 bridgehead atoms. The van der Waals surface area contributed by atoms with Gasteiger partial charge in [-0.2, -0.15) is 0 Å². The van der Waals surface area contributed by atoms with E-state index in [9.17, 15) is 9.59 Å². The summed E-state index contributed by atoms with van der Waals surface area (Å²) < 4.78 is 0. The maximum absolute atomic E-state index is 12.6. The van der Waals surface area contributed by atoms with Gasteiger partial charge in [0.25, 0.3) is 5.91 Å².